The molecule has 1 amide bonds. The Balaban J connectivity index is 2.02. The molecule has 0 aliphatic carbocycles. The van der Waals surface area contributed by atoms with Crippen molar-refractivity contribution in [2.75, 3.05) is 11.9 Å². The zero-order valence-electron chi connectivity index (χ0n) is 11.7. The lowest BCUT2D eigenvalue weighted by Gasteiger charge is -2.19. The van der Waals surface area contributed by atoms with Gasteiger partial charge in [-0.05, 0) is 17.7 Å². The van der Waals surface area contributed by atoms with Crippen molar-refractivity contribution in [3.05, 3.63) is 65.9 Å². The Labute approximate surface area is 122 Å². The lowest BCUT2D eigenvalue weighted by molar-refractivity contribution is 0.0993. The number of anilines is 1. The molecule has 3 rings (SSSR count). The number of fused-ring (bicyclic) bond motifs is 1. The molecular weight excluding hydrogens is 264 g/mol. The van der Waals surface area contributed by atoms with Crippen LogP contribution in [0.15, 0.2) is 59.2 Å². The summed E-state index contributed by atoms with van der Waals surface area (Å²) in [6.45, 7) is 0.389. The van der Waals surface area contributed by atoms with Crippen LogP contribution < -0.4 is 10.6 Å². The van der Waals surface area contributed by atoms with Crippen molar-refractivity contribution in [2.45, 2.75) is 6.54 Å². The molecule has 0 aliphatic heterocycles. The molecule has 0 spiro atoms. The van der Waals surface area contributed by atoms with Gasteiger partial charge in [0.1, 0.15) is 11.8 Å². The molecule has 2 aromatic carbocycles. The number of furan rings is 1. The van der Waals surface area contributed by atoms with E-state index in [0.29, 0.717) is 17.7 Å². The summed E-state index contributed by atoms with van der Waals surface area (Å²) < 4.78 is 5.44. The van der Waals surface area contributed by atoms with Crippen LogP contribution in [0.3, 0.4) is 0 Å². The molecule has 0 saturated heterocycles. The Kier molecular flexibility index (Phi) is 3.46. The van der Waals surface area contributed by atoms with Crippen LogP contribution in [0.5, 0.6) is 0 Å². The van der Waals surface area contributed by atoms with Crippen LogP contribution >= 0.6 is 0 Å². The minimum absolute atomic E-state index is 0.110. The van der Waals surface area contributed by atoms with Crippen LogP contribution in [-0.2, 0) is 6.54 Å². The molecule has 106 valence electrons. The van der Waals surface area contributed by atoms with Crippen LogP contribution in [0.1, 0.15) is 15.9 Å². The third-order valence-electron chi connectivity index (χ3n) is 3.59. The topological polar surface area (TPSA) is 59.5 Å². The van der Waals surface area contributed by atoms with E-state index < -0.39 is 0 Å². The van der Waals surface area contributed by atoms with Crippen molar-refractivity contribution >= 4 is 22.6 Å². The smallest absolute Gasteiger partial charge is 0.261 e. The van der Waals surface area contributed by atoms with Gasteiger partial charge in [-0.1, -0.05) is 36.4 Å². The average molecular weight is 280 g/mol. The number of benzene rings is 2. The molecule has 0 unspecified atom stereocenters. The standard InChI is InChI=1S/C17H16N2O2/c1-19(15-8-4-2-6-12(15)10-18)17(20)14-11-21-16-9-5-3-7-13(14)16/h2-9,11H,10,18H2,1H3. The van der Waals surface area contributed by atoms with Gasteiger partial charge in [-0.15, -0.1) is 0 Å². The van der Waals surface area contributed by atoms with E-state index in [1.54, 1.807) is 11.9 Å². The number of rotatable bonds is 3. The van der Waals surface area contributed by atoms with Crippen LogP contribution in [0, 0.1) is 0 Å². The van der Waals surface area contributed by atoms with Crippen LogP contribution in [0.2, 0.25) is 0 Å². The van der Waals surface area contributed by atoms with E-state index in [0.717, 1.165) is 16.6 Å². The summed E-state index contributed by atoms with van der Waals surface area (Å²) in [6.07, 6.45) is 1.51. The molecule has 0 saturated carbocycles. The third kappa shape index (κ3) is 2.30. The summed E-state index contributed by atoms with van der Waals surface area (Å²) in [6, 6.07) is 15.1. The fourth-order valence-electron chi connectivity index (χ4n) is 2.44. The maximum Gasteiger partial charge on any atom is 0.261 e. The molecule has 21 heavy (non-hydrogen) atoms. The molecule has 0 radical (unpaired) electrons. The second kappa shape index (κ2) is 5.42. The molecule has 0 atom stereocenters. The van der Waals surface area contributed by atoms with E-state index in [-0.39, 0.29) is 5.91 Å². The largest absolute Gasteiger partial charge is 0.463 e. The maximum absolute atomic E-state index is 12.7. The minimum atomic E-state index is -0.110. The number of amides is 1. The molecule has 4 heteroatoms. The molecule has 1 aromatic heterocycles. The number of carbonyl (C=O) groups excluding carboxylic acids is 1. The summed E-state index contributed by atoms with van der Waals surface area (Å²) in [5, 5.41) is 0.819. The van der Waals surface area contributed by atoms with Crippen molar-refractivity contribution in [1.82, 2.24) is 0 Å². The first-order chi connectivity index (χ1) is 10.2. The van der Waals surface area contributed by atoms with Gasteiger partial charge in [-0.2, -0.15) is 0 Å². The Morgan fingerprint density at radius 1 is 1.14 bits per heavy atom. The van der Waals surface area contributed by atoms with Gasteiger partial charge in [-0.3, -0.25) is 4.79 Å². The van der Waals surface area contributed by atoms with Crippen molar-refractivity contribution < 1.29 is 9.21 Å². The number of nitrogens with zero attached hydrogens (tertiary/aromatic N) is 1. The summed E-state index contributed by atoms with van der Waals surface area (Å²) in [4.78, 5) is 14.3. The van der Waals surface area contributed by atoms with Gasteiger partial charge in [-0.25, -0.2) is 0 Å². The molecular formula is C17H16N2O2. The van der Waals surface area contributed by atoms with Crippen molar-refractivity contribution in [3.63, 3.8) is 0 Å². The number of carbonyl (C=O) groups is 1. The van der Waals surface area contributed by atoms with Gasteiger partial charge in [0.25, 0.3) is 5.91 Å². The van der Waals surface area contributed by atoms with Crippen LogP contribution in [-0.4, -0.2) is 13.0 Å². The number of hydrogen-bond donors (Lipinski definition) is 1. The first-order valence-electron chi connectivity index (χ1n) is 6.74. The average Bonchev–Trinajstić information content (AvgIpc) is 2.97. The minimum Gasteiger partial charge on any atom is -0.463 e. The first-order valence-corrected chi connectivity index (χ1v) is 6.74. The maximum atomic E-state index is 12.7. The van der Waals surface area contributed by atoms with Gasteiger partial charge in [0.15, 0.2) is 0 Å². The molecule has 0 aliphatic rings. The van der Waals surface area contributed by atoms with E-state index in [1.807, 2.05) is 48.5 Å². The van der Waals surface area contributed by atoms with Gasteiger partial charge in [0, 0.05) is 24.7 Å². The van der Waals surface area contributed by atoms with Crippen molar-refractivity contribution in [3.8, 4) is 0 Å². The Bertz CT molecular complexity index is 792. The van der Waals surface area contributed by atoms with Crippen LogP contribution in [0.25, 0.3) is 11.0 Å². The molecule has 1 heterocycles. The Morgan fingerprint density at radius 2 is 1.86 bits per heavy atom. The highest BCUT2D eigenvalue weighted by Gasteiger charge is 2.19. The Morgan fingerprint density at radius 3 is 2.67 bits per heavy atom. The SMILES string of the molecule is CN(C(=O)c1coc2ccccc12)c1ccccc1CN. The number of nitrogens with two attached hydrogens (primary N) is 1. The summed E-state index contributed by atoms with van der Waals surface area (Å²) in [7, 11) is 1.75. The van der Waals surface area contributed by atoms with Crippen molar-refractivity contribution in [2.24, 2.45) is 5.73 Å². The quantitative estimate of drug-likeness (QED) is 0.801. The predicted molar refractivity (Wildman–Crippen MR) is 83.3 cm³/mol. The lowest BCUT2D eigenvalue weighted by atomic mass is 10.1. The van der Waals surface area contributed by atoms with E-state index >= 15 is 0 Å². The second-order valence-corrected chi connectivity index (χ2v) is 4.84. The molecule has 4 nitrogen and oxygen atoms in total. The van der Waals surface area contributed by atoms with E-state index in [4.69, 9.17) is 10.2 Å². The zero-order valence-corrected chi connectivity index (χ0v) is 11.7. The van der Waals surface area contributed by atoms with E-state index in [1.165, 1.54) is 6.26 Å². The zero-order chi connectivity index (χ0) is 14.8. The van der Waals surface area contributed by atoms with Gasteiger partial charge in [0.05, 0.1) is 5.56 Å². The van der Waals surface area contributed by atoms with Gasteiger partial charge in [0.2, 0.25) is 0 Å². The Hall–Kier alpha value is -2.59. The lowest BCUT2D eigenvalue weighted by Crippen LogP contribution is -2.27. The van der Waals surface area contributed by atoms with E-state index in [2.05, 4.69) is 0 Å². The van der Waals surface area contributed by atoms with Crippen LogP contribution in [0.4, 0.5) is 5.69 Å². The summed E-state index contributed by atoms with van der Waals surface area (Å²) >= 11 is 0. The highest BCUT2D eigenvalue weighted by atomic mass is 16.3. The second-order valence-electron chi connectivity index (χ2n) is 4.84. The summed E-state index contributed by atoms with van der Waals surface area (Å²) in [5.41, 5.74) is 8.75. The molecule has 0 bridgehead atoms. The summed E-state index contributed by atoms with van der Waals surface area (Å²) in [5.74, 6) is -0.110. The fourth-order valence-corrected chi connectivity index (χ4v) is 2.44. The molecule has 2 N–H and O–H groups in total. The van der Waals surface area contributed by atoms with Gasteiger partial charge < -0.3 is 15.1 Å². The highest BCUT2D eigenvalue weighted by molar-refractivity contribution is 6.13. The van der Waals surface area contributed by atoms with E-state index in [9.17, 15) is 4.79 Å². The third-order valence-corrected chi connectivity index (χ3v) is 3.59. The predicted octanol–water partition coefficient (Wildman–Crippen LogP) is 3.17. The normalized spacial score (nSPS) is 10.8. The monoisotopic (exact) mass is 280 g/mol. The number of hydrogen-bond acceptors (Lipinski definition) is 3. The fraction of sp³-hybridized carbons (Fsp3) is 0.118. The highest BCUT2D eigenvalue weighted by Crippen LogP contribution is 2.25. The molecule has 0 fully saturated rings. The van der Waals surface area contributed by atoms with Crippen molar-refractivity contribution in [1.29, 1.82) is 0 Å². The van der Waals surface area contributed by atoms with Gasteiger partial charge >= 0.3 is 0 Å². The number of para-hydroxylation sites is 2. The molecule has 3 aromatic rings. The first kappa shape index (κ1) is 13.4.